The van der Waals surface area contributed by atoms with Crippen LogP contribution >= 0.6 is 0 Å². The van der Waals surface area contributed by atoms with E-state index in [4.69, 9.17) is 14.2 Å². The molecule has 220 valence electrons. The van der Waals surface area contributed by atoms with Crippen LogP contribution in [0.15, 0.2) is 0 Å². The van der Waals surface area contributed by atoms with Gasteiger partial charge in [-0.2, -0.15) is 0 Å². The maximum atomic E-state index is 13.5. The lowest BCUT2D eigenvalue weighted by Crippen LogP contribution is -2.51. The number of nitrogens with zero attached hydrogens (tertiary/aromatic N) is 3. The van der Waals surface area contributed by atoms with Crippen molar-refractivity contribution in [2.45, 2.75) is 123 Å². The Morgan fingerprint density at radius 1 is 1.08 bits per heavy atom. The first-order valence-corrected chi connectivity index (χ1v) is 15.1. The minimum absolute atomic E-state index is 0.114. The summed E-state index contributed by atoms with van der Waals surface area (Å²) in [5, 5.41) is 0. The molecule has 0 unspecified atom stereocenters. The van der Waals surface area contributed by atoms with Crippen molar-refractivity contribution in [3.05, 3.63) is 0 Å². The summed E-state index contributed by atoms with van der Waals surface area (Å²) in [7, 11) is 0. The fraction of sp³-hybridized carbons (Fsp3) is 0.933. The average Bonchev–Trinajstić information content (AvgIpc) is 3.07. The number of hydrogen-bond donors (Lipinski definition) is 0. The third-order valence-corrected chi connectivity index (χ3v) is 8.01. The summed E-state index contributed by atoms with van der Waals surface area (Å²) in [5.41, 5.74) is -1.38. The minimum Gasteiger partial charge on any atom is -0.444 e. The van der Waals surface area contributed by atoms with E-state index in [1.165, 1.54) is 32.1 Å². The van der Waals surface area contributed by atoms with Gasteiger partial charge in [-0.15, -0.1) is 0 Å². The molecule has 0 spiro atoms. The van der Waals surface area contributed by atoms with Crippen LogP contribution in [0, 0.1) is 11.8 Å². The Hall–Kier alpha value is -1.38. The molecule has 0 N–H and O–H groups in total. The number of amides is 2. The van der Waals surface area contributed by atoms with Crippen LogP contribution in [0.5, 0.6) is 0 Å². The van der Waals surface area contributed by atoms with E-state index in [2.05, 4.69) is 18.7 Å². The number of rotatable bonds is 10. The molecule has 38 heavy (non-hydrogen) atoms. The molecule has 8 heteroatoms. The van der Waals surface area contributed by atoms with Gasteiger partial charge in [0.15, 0.2) is 0 Å². The summed E-state index contributed by atoms with van der Waals surface area (Å²) in [6, 6.07) is -0.114. The number of carbonyl (C=O) groups excluding carboxylic acids is 2. The molecule has 3 rings (SSSR count). The van der Waals surface area contributed by atoms with Crippen molar-refractivity contribution in [2.75, 3.05) is 45.9 Å². The Kier molecular flexibility index (Phi) is 11.3. The Balaban J connectivity index is 1.78. The second-order valence-corrected chi connectivity index (χ2v) is 13.5. The van der Waals surface area contributed by atoms with Gasteiger partial charge in [-0.25, -0.2) is 4.79 Å². The average molecular weight is 538 g/mol. The smallest absolute Gasteiger partial charge is 0.412 e. The van der Waals surface area contributed by atoms with E-state index in [0.29, 0.717) is 31.3 Å². The number of ether oxygens (including phenoxy) is 3. The Labute approximate surface area is 231 Å². The van der Waals surface area contributed by atoms with Gasteiger partial charge in [-0.1, -0.05) is 46.0 Å². The van der Waals surface area contributed by atoms with Crippen LogP contribution < -0.4 is 0 Å². The van der Waals surface area contributed by atoms with Crippen LogP contribution in [0.2, 0.25) is 0 Å². The highest BCUT2D eigenvalue weighted by atomic mass is 16.6. The first-order chi connectivity index (χ1) is 17.9. The van der Waals surface area contributed by atoms with Gasteiger partial charge in [0, 0.05) is 39.1 Å². The third kappa shape index (κ3) is 9.37. The van der Waals surface area contributed by atoms with Gasteiger partial charge in [-0.3, -0.25) is 14.6 Å². The molecule has 2 atom stereocenters. The normalized spacial score (nSPS) is 25.1. The molecule has 2 amide bonds. The Morgan fingerprint density at radius 2 is 1.74 bits per heavy atom. The van der Waals surface area contributed by atoms with Gasteiger partial charge >= 0.3 is 6.09 Å². The van der Waals surface area contributed by atoms with Crippen molar-refractivity contribution in [2.24, 2.45) is 11.8 Å². The summed E-state index contributed by atoms with van der Waals surface area (Å²) in [4.78, 5) is 33.2. The highest BCUT2D eigenvalue weighted by Gasteiger charge is 2.52. The number of hydrogen-bond acceptors (Lipinski definition) is 6. The Morgan fingerprint density at radius 3 is 2.34 bits per heavy atom. The fourth-order valence-corrected chi connectivity index (χ4v) is 6.24. The molecule has 3 fully saturated rings. The lowest BCUT2D eigenvalue weighted by atomic mass is 9.83. The van der Waals surface area contributed by atoms with Crippen molar-refractivity contribution in [1.29, 1.82) is 0 Å². The molecule has 2 saturated heterocycles. The standard InChI is InChI=1S/C30H55N3O5/c1-23(2)20-27(34)32(15-11-14-31-16-18-36-19-17-31)22-26-25(21-24-12-9-8-10-13-24)33(30(6,7)37-26)28(35)38-29(3,4)5/h23-26H,8-22H2,1-7H3/t25-,26-/m0/s1. The van der Waals surface area contributed by atoms with Crippen LogP contribution in [0.1, 0.15) is 99.8 Å². The first kappa shape index (κ1) is 31.2. The molecular weight excluding hydrogens is 482 g/mol. The number of morpholine rings is 1. The van der Waals surface area contributed by atoms with E-state index in [9.17, 15) is 9.59 Å². The van der Waals surface area contributed by atoms with Crippen LogP contribution in [-0.2, 0) is 19.0 Å². The summed E-state index contributed by atoms with van der Waals surface area (Å²) in [6.07, 6.45) is 7.97. The van der Waals surface area contributed by atoms with Gasteiger partial charge in [0.1, 0.15) is 11.3 Å². The lowest BCUT2D eigenvalue weighted by molar-refractivity contribution is -0.135. The molecule has 3 aliphatic rings. The van der Waals surface area contributed by atoms with E-state index in [-0.39, 0.29) is 24.1 Å². The molecule has 0 aromatic rings. The summed E-state index contributed by atoms with van der Waals surface area (Å²) < 4.78 is 18.0. The SMILES string of the molecule is CC(C)CC(=O)N(CCCN1CCOCC1)C[C@@H]1OC(C)(C)N(C(=O)OC(C)(C)C)[C@H]1CC1CCCCC1. The summed E-state index contributed by atoms with van der Waals surface area (Å²) in [6.45, 7) is 19.5. The Bertz CT molecular complexity index is 753. The van der Waals surface area contributed by atoms with Gasteiger partial charge in [0.2, 0.25) is 5.91 Å². The molecule has 8 nitrogen and oxygen atoms in total. The van der Waals surface area contributed by atoms with Crippen molar-refractivity contribution in [1.82, 2.24) is 14.7 Å². The monoisotopic (exact) mass is 537 g/mol. The predicted molar refractivity (Wildman–Crippen MR) is 150 cm³/mol. The fourth-order valence-electron chi connectivity index (χ4n) is 6.24. The zero-order chi connectivity index (χ0) is 27.9. The topological polar surface area (TPSA) is 71.6 Å². The van der Waals surface area contributed by atoms with Crippen molar-refractivity contribution >= 4 is 12.0 Å². The lowest BCUT2D eigenvalue weighted by Gasteiger charge is -2.37. The van der Waals surface area contributed by atoms with Crippen LogP contribution in [-0.4, -0.2) is 96.1 Å². The molecule has 0 aromatic heterocycles. The quantitative estimate of drug-likeness (QED) is 0.377. The molecule has 2 heterocycles. The van der Waals surface area contributed by atoms with Gasteiger partial charge in [0.25, 0.3) is 0 Å². The summed E-state index contributed by atoms with van der Waals surface area (Å²) in [5.74, 6) is 1.04. The second-order valence-electron chi connectivity index (χ2n) is 13.5. The highest BCUT2D eigenvalue weighted by Crippen LogP contribution is 2.39. The van der Waals surface area contributed by atoms with Crippen molar-refractivity contribution in [3.8, 4) is 0 Å². The van der Waals surface area contributed by atoms with Gasteiger partial charge in [-0.05, 0) is 59.3 Å². The van der Waals surface area contributed by atoms with E-state index < -0.39 is 11.3 Å². The summed E-state index contributed by atoms with van der Waals surface area (Å²) >= 11 is 0. The highest BCUT2D eigenvalue weighted by molar-refractivity contribution is 5.76. The van der Waals surface area contributed by atoms with Gasteiger partial charge in [0.05, 0.1) is 25.4 Å². The predicted octanol–water partition coefficient (Wildman–Crippen LogP) is 5.29. The van der Waals surface area contributed by atoms with Crippen LogP contribution in [0.25, 0.3) is 0 Å². The molecule has 1 saturated carbocycles. The van der Waals surface area contributed by atoms with Crippen molar-refractivity contribution < 1.29 is 23.8 Å². The molecule has 1 aliphatic carbocycles. The maximum absolute atomic E-state index is 13.5. The van der Waals surface area contributed by atoms with E-state index >= 15 is 0 Å². The maximum Gasteiger partial charge on any atom is 0.412 e. The first-order valence-electron chi connectivity index (χ1n) is 15.1. The molecule has 0 aromatic carbocycles. The van der Waals surface area contributed by atoms with E-state index in [0.717, 1.165) is 45.7 Å². The van der Waals surface area contributed by atoms with Crippen LogP contribution in [0.3, 0.4) is 0 Å². The molecular formula is C30H55N3O5. The molecule has 0 bridgehead atoms. The van der Waals surface area contributed by atoms with E-state index in [1.807, 2.05) is 44.4 Å². The van der Waals surface area contributed by atoms with Crippen molar-refractivity contribution in [3.63, 3.8) is 0 Å². The zero-order valence-electron chi connectivity index (χ0n) is 25.3. The minimum atomic E-state index is -0.799. The zero-order valence-corrected chi connectivity index (χ0v) is 25.3. The third-order valence-electron chi connectivity index (χ3n) is 8.01. The van der Waals surface area contributed by atoms with E-state index in [1.54, 1.807) is 0 Å². The van der Waals surface area contributed by atoms with Gasteiger partial charge < -0.3 is 19.1 Å². The van der Waals surface area contributed by atoms with Crippen LogP contribution in [0.4, 0.5) is 4.79 Å². The molecule has 0 radical (unpaired) electrons. The number of carbonyl (C=O) groups is 2. The largest absolute Gasteiger partial charge is 0.444 e. The second kappa shape index (κ2) is 13.8. The molecule has 2 aliphatic heterocycles.